The van der Waals surface area contributed by atoms with E-state index in [9.17, 15) is 10.0 Å². The fraction of sp³-hybridized carbons (Fsp3) is 0.867. The van der Waals surface area contributed by atoms with Crippen LogP contribution in [-0.4, -0.2) is 48.5 Å². The van der Waals surface area contributed by atoms with Gasteiger partial charge in [0.25, 0.3) is 0 Å². The van der Waals surface area contributed by atoms with E-state index in [4.69, 9.17) is 12.2 Å². The SMILES string of the molecule is CC(C)N1C(=S)SC(C)(C)[C@@H]1N(O)C(=O)NC1CCCCC1. The van der Waals surface area contributed by atoms with E-state index in [1.54, 1.807) is 0 Å². The summed E-state index contributed by atoms with van der Waals surface area (Å²) >= 11 is 6.96. The minimum absolute atomic E-state index is 0.129. The molecule has 1 aliphatic carbocycles. The lowest BCUT2D eigenvalue weighted by atomic mass is 9.96. The predicted octanol–water partition coefficient (Wildman–Crippen LogP) is 3.57. The molecule has 22 heavy (non-hydrogen) atoms. The van der Waals surface area contributed by atoms with Crippen LogP contribution in [0, 0.1) is 0 Å². The molecule has 126 valence electrons. The van der Waals surface area contributed by atoms with Gasteiger partial charge in [-0.15, -0.1) is 0 Å². The lowest BCUT2D eigenvalue weighted by Crippen LogP contribution is -2.59. The standard InChI is InChI=1S/C15H27N3O2S2/c1-10(2)17-12(15(3,4)22-14(17)21)18(20)13(19)16-11-8-6-5-7-9-11/h10-12,20H,5-9H2,1-4H3,(H,16,19)/t12-/m0/s1. The zero-order chi connectivity index (χ0) is 16.5. The van der Waals surface area contributed by atoms with Crippen LogP contribution in [0.3, 0.4) is 0 Å². The van der Waals surface area contributed by atoms with Gasteiger partial charge in [-0.05, 0) is 40.5 Å². The van der Waals surface area contributed by atoms with Crippen molar-refractivity contribution in [1.82, 2.24) is 15.3 Å². The molecule has 7 heteroatoms. The summed E-state index contributed by atoms with van der Waals surface area (Å²) in [5, 5.41) is 14.3. The maximum absolute atomic E-state index is 12.4. The van der Waals surface area contributed by atoms with Crippen LogP contribution in [0.5, 0.6) is 0 Å². The number of nitrogens with zero attached hydrogens (tertiary/aromatic N) is 2. The average molecular weight is 346 g/mol. The zero-order valence-corrected chi connectivity index (χ0v) is 15.5. The molecule has 1 saturated heterocycles. The Morgan fingerprint density at radius 2 is 2.00 bits per heavy atom. The summed E-state index contributed by atoms with van der Waals surface area (Å²) in [7, 11) is 0. The van der Waals surface area contributed by atoms with Gasteiger partial charge in [0.05, 0.1) is 4.75 Å². The van der Waals surface area contributed by atoms with E-state index in [2.05, 4.69) is 5.32 Å². The fourth-order valence-electron chi connectivity index (χ4n) is 3.27. The van der Waals surface area contributed by atoms with Crippen molar-refractivity contribution in [1.29, 1.82) is 0 Å². The number of thiocarbonyl (C=S) groups is 1. The second kappa shape index (κ2) is 6.93. The minimum Gasteiger partial charge on any atom is -0.333 e. The highest BCUT2D eigenvalue weighted by Crippen LogP contribution is 2.43. The van der Waals surface area contributed by atoms with Gasteiger partial charge < -0.3 is 10.2 Å². The maximum Gasteiger partial charge on any atom is 0.343 e. The molecule has 1 heterocycles. The first-order chi connectivity index (χ1) is 10.2. The third-order valence-electron chi connectivity index (χ3n) is 4.38. The largest absolute Gasteiger partial charge is 0.343 e. The highest BCUT2D eigenvalue weighted by atomic mass is 32.2. The van der Waals surface area contributed by atoms with Crippen LogP contribution >= 0.6 is 24.0 Å². The number of carbonyl (C=O) groups excluding carboxylic acids is 1. The van der Waals surface area contributed by atoms with Crippen LogP contribution in [0.4, 0.5) is 4.79 Å². The molecule has 0 spiro atoms. The lowest BCUT2D eigenvalue weighted by Gasteiger charge is -2.39. The Kier molecular flexibility index (Phi) is 5.61. The van der Waals surface area contributed by atoms with Crippen molar-refractivity contribution < 1.29 is 10.0 Å². The number of carbonyl (C=O) groups is 1. The van der Waals surface area contributed by atoms with E-state index in [0.29, 0.717) is 0 Å². The molecule has 0 radical (unpaired) electrons. The summed E-state index contributed by atoms with van der Waals surface area (Å²) in [6.07, 6.45) is 5.06. The number of rotatable bonds is 3. The van der Waals surface area contributed by atoms with Crippen LogP contribution in [0.25, 0.3) is 0 Å². The van der Waals surface area contributed by atoms with Gasteiger partial charge in [-0.25, -0.2) is 4.79 Å². The number of thioether (sulfide) groups is 1. The zero-order valence-electron chi connectivity index (χ0n) is 13.8. The molecule has 0 bridgehead atoms. The van der Waals surface area contributed by atoms with Crippen molar-refractivity contribution in [3.8, 4) is 0 Å². The van der Waals surface area contributed by atoms with E-state index in [1.807, 2.05) is 32.6 Å². The van der Waals surface area contributed by atoms with Crippen LogP contribution < -0.4 is 5.32 Å². The lowest BCUT2D eigenvalue weighted by molar-refractivity contribution is -0.124. The fourth-order valence-corrected chi connectivity index (χ4v) is 5.41. The second-order valence-electron chi connectivity index (χ2n) is 6.98. The third-order valence-corrected chi connectivity index (χ3v) is 5.96. The quantitative estimate of drug-likeness (QED) is 0.465. The van der Waals surface area contributed by atoms with E-state index in [1.165, 1.54) is 18.2 Å². The number of nitrogens with one attached hydrogen (secondary N) is 1. The molecular weight excluding hydrogens is 318 g/mol. The molecule has 0 unspecified atom stereocenters. The number of hydrogen-bond donors (Lipinski definition) is 2. The van der Waals surface area contributed by atoms with Gasteiger partial charge >= 0.3 is 6.03 Å². The molecule has 2 N–H and O–H groups in total. The number of hydroxylamine groups is 2. The van der Waals surface area contributed by atoms with E-state index in [-0.39, 0.29) is 16.8 Å². The summed E-state index contributed by atoms with van der Waals surface area (Å²) in [5.41, 5.74) is 0. The molecule has 2 rings (SSSR count). The molecule has 0 aromatic rings. The molecule has 0 aromatic heterocycles. The number of urea groups is 1. The van der Waals surface area contributed by atoms with Gasteiger partial charge in [0.15, 0.2) is 0 Å². The van der Waals surface area contributed by atoms with Gasteiger partial charge in [0, 0.05) is 12.1 Å². The molecule has 1 aliphatic heterocycles. The van der Waals surface area contributed by atoms with Gasteiger partial charge in [-0.2, -0.15) is 5.06 Å². The topological polar surface area (TPSA) is 55.8 Å². The normalized spacial score (nSPS) is 25.6. The summed E-state index contributed by atoms with van der Waals surface area (Å²) in [5.74, 6) is 0. The summed E-state index contributed by atoms with van der Waals surface area (Å²) < 4.78 is 0.384. The Balaban J connectivity index is 2.09. The predicted molar refractivity (Wildman–Crippen MR) is 94.1 cm³/mol. The Morgan fingerprint density at radius 3 is 2.55 bits per heavy atom. The average Bonchev–Trinajstić information content (AvgIpc) is 2.68. The van der Waals surface area contributed by atoms with Crippen molar-refractivity contribution in [2.45, 2.75) is 82.8 Å². The first kappa shape index (κ1) is 17.8. The summed E-state index contributed by atoms with van der Waals surface area (Å²) in [6.45, 7) is 8.06. The second-order valence-corrected chi connectivity index (χ2v) is 9.26. The van der Waals surface area contributed by atoms with Crippen molar-refractivity contribution in [2.75, 3.05) is 0 Å². The van der Waals surface area contributed by atoms with Crippen molar-refractivity contribution >= 4 is 34.3 Å². The van der Waals surface area contributed by atoms with Gasteiger partial charge in [-0.1, -0.05) is 43.2 Å². The van der Waals surface area contributed by atoms with Crippen LogP contribution in [0.2, 0.25) is 0 Å². The summed E-state index contributed by atoms with van der Waals surface area (Å²) in [4.78, 5) is 14.4. The molecule has 0 aromatic carbocycles. The van der Waals surface area contributed by atoms with Gasteiger partial charge in [0.2, 0.25) is 0 Å². The molecular formula is C15H27N3O2S2. The number of hydrogen-bond acceptors (Lipinski definition) is 4. The Bertz CT molecular complexity index is 437. The van der Waals surface area contributed by atoms with Crippen molar-refractivity contribution in [3.05, 3.63) is 0 Å². The maximum atomic E-state index is 12.4. The minimum atomic E-state index is -0.450. The molecule has 2 amide bonds. The first-order valence-corrected chi connectivity index (χ1v) is 9.26. The summed E-state index contributed by atoms with van der Waals surface area (Å²) in [6, 6.07) is -0.114. The van der Waals surface area contributed by atoms with Gasteiger partial charge in [0.1, 0.15) is 10.5 Å². The Hall–Kier alpha value is -0.530. The first-order valence-electron chi connectivity index (χ1n) is 8.04. The highest BCUT2D eigenvalue weighted by Gasteiger charge is 2.50. The molecule has 1 atom stereocenters. The monoisotopic (exact) mass is 345 g/mol. The van der Waals surface area contributed by atoms with E-state index in [0.717, 1.165) is 35.1 Å². The molecule has 2 fully saturated rings. The Labute approximate surface area is 142 Å². The van der Waals surface area contributed by atoms with Gasteiger partial charge in [-0.3, -0.25) is 5.21 Å². The molecule has 5 nitrogen and oxygen atoms in total. The van der Waals surface area contributed by atoms with Crippen LogP contribution in [-0.2, 0) is 0 Å². The molecule has 1 saturated carbocycles. The highest BCUT2D eigenvalue weighted by molar-refractivity contribution is 8.24. The Morgan fingerprint density at radius 1 is 1.41 bits per heavy atom. The van der Waals surface area contributed by atoms with Crippen LogP contribution in [0.15, 0.2) is 0 Å². The van der Waals surface area contributed by atoms with E-state index >= 15 is 0 Å². The smallest absolute Gasteiger partial charge is 0.333 e. The van der Waals surface area contributed by atoms with Crippen molar-refractivity contribution in [2.24, 2.45) is 0 Å². The van der Waals surface area contributed by atoms with Crippen molar-refractivity contribution in [3.63, 3.8) is 0 Å². The van der Waals surface area contributed by atoms with E-state index < -0.39 is 12.2 Å². The molecule has 2 aliphatic rings. The third kappa shape index (κ3) is 3.68. The van der Waals surface area contributed by atoms with Crippen LogP contribution in [0.1, 0.15) is 59.8 Å². The number of amides is 2.